The lowest BCUT2D eigenvalue weighted by Gasteiger charge is -2.37. The van der Waals surface area contributed by atoms with Crippen molar-refractivity contribution in [2.45, 2.75) is 44.9 Å². The molecule has 0 saturated carbocycles. The molecule has 8 heteroatoms. The number of carbonyl (C=O) groups is 1. The molecule has 0 atom stereocenters. The van der Waals surface area contributed by atoms with E-state index in [0.29, 0.717) is 31.3 Å². The van der Waals surface area contributed by atoms with Gasteiger partial charge in [-0.2, -0.15) is 0 Å². The van der Waals surface area contributed by atoms with E-state index in [1.54, 1.807) is 4.90 Å². The topological polar surface area (TPSA) is 83.3 Å². The first kappa shape index (κ1) is 24.4. The molecule has 35 heavy (non-hydrogen) atoms. The fourth-order valence-corrected chi connectivity index (χ4v) is 6.59. The van der Waals surface area contributed by atoms with Crippen LogP contribution in [0.15, 0.2) is 34.9 Å². The van der Waals surface area contributed by atoms with Crippen LogP contribution in [0.4, 0.5) is 0 Å². The molecule has 1 aromatic carbocycles. The van der Waals surface area contributed by atoms with Crippen LogP contribution in [-0.4, -0.2) is 52.9 Å². The van der Waals surface area contributed by atoms with Crippen molar-refractivity contribution < 1.29 is 9.90 Å². The normalized spacial score (nSPS) is 19.2. The SMILES string of the molecule is N=C([O-])N1CCC(CC(=O)N2CCC([C+]3c4ncc(Br)cc4CCc4cccc(Cl)c43)CC2)CC1. The highest BCUT2D eigenvalue weighted by Gasteiger charge is 2.41. The highest BCUT2D eigenvalue weighted by atomic mass is 79.9. The molecule has 0 bridgehead atoms. The first-order chi connectivity index (χ1) is 16.9. The molecule has 3 aliphatic rings. The summed E-state index contributed by atoms with van der Waals surface area (Å²) in [5.74, 6) is 2.05. The average molecular weight is 558 g/mol. The number of pyridine rings is 1. The van der Waals surface area contributed by atoms with Crippen molar-refractivity contribution in [2.75, 3.05) is 26.2 Å². The standard InChI is InChI=1S/C27H30BrClN4O2/c28-21-15-20-5-4-18-2-1-3-22(29)24(18)25(26(20)31-16-21)19-8-12-32(13-9-19)23(34)14-17-6-10-33(11-7-17)27(30)35/h1-3,15-17,19H,4-14H2,(H-,30,35). The Morgan fingerprint density at radius 3 is 2.51 bits per heavy atom. The summed E-state index contributed by atoms with van der Waals surface area (Å²) in [7, 11) is 0. The fourth-order valence-electron chi connectivity index (χ4n) is 5.91. The number of benzene rings is 1. The number of rotatable bonds is 3. The van der Waals surface area contributed by atoms with Gasteiger partial charge in [0, 0.05) is 91.3 Å². The van der Waals surface area contributed by atoms with E-state index in [1.165, 1.54) is 17.0 Å². The third kappa shape index (κ3) is 5.17. The predicted octanol–water partition coefficient (Wildman–Crippen LogP) is 4.20. The van der Waals surface area contributed by atoms with Crippen LogP contribution in [-0.2, 0) is 17.6 Å². The molecule has 0 spiro atoms. The zero-order valence-electron chi connectivity index (χ0n) is 19.7. The minimum absolute atomic E-state index is 0.214. The van der Waals surface area contributed by atoms with Gasteiger partial charge in [0.2, 0.25) is 5.91 Å². The molecule has 1 amide bonds. The zero-order valence-corrected chi connectivity index (χ0v) is 22.1. The Balaban J connectivity index is 1.29. The molecule has 3 heterocycles. The minimum atomic E-state index is -0.613. The maximum absolute atomic E-state index is 13.1. The number of aromatic nitrogens is 1. The van der Waals surface area contributed by atoms with Crippen LogP contribution in [0.25, 0.3) is 0 Å². The number of hydrogen-bond acceptors (Lipinski definition) is 4. The van der Waals surface area contributed by atoms with Crippen LogP contribution in [0.1, 0.15) is 54.5 Å². The van der Waals surface area contributed by atoms with Gasteiger partial charge >= 0.3 is 0 Å². The van der Waals surface area contributed by atoms with Gasteiger partial charge in [-0.3, -0.25) is 10.2 Å². The Labute approximate surface area is 220 Å². The average Bonchev–Trinajstić information content (AvgIpc) is 3.02. The lowest BCUT2D eigenvalue weighted by Crippen LogP contribution is -2.45. The minimum Gasteiger partial charge on any atom is -0.846 e. The molecule has 5 rings (SSSR count). The molecule has 1 aliphatic carbocycles. The number of fused-ring (bicyclic) bond motifs is 2. The van der Waals surface area contributed by atoms with Gasteiger partial charge in [0.1, 0.15) is 10.6 Å². The van der Waals surface area contributed by atoms with E-state index in [-0.39, 0.29) is 5.91 Å². The monoisotopic (exact) mass is 556 g/mol. The number of carbonyl (C=O) groups excluding carboxylic acids is 1. The Hall–Kier alpha value is -2.25. The fraction of sp³-hybridized carbons (Fsp3) is 0.481. The van der Waals surface area contributed by atoms with Gasteiger partial charge in [0.15, 0.2) is 5.69 Å². The van der Waals surface area contributed by atoms with Crippen molar-refractivity contribution in [3.63, 3.8) is 0 Å². The summed E-state index contributed by atoms with van der Waals surface area (Å²) < 4.78 is 0.992. The Kier molecular flexibility index (Phi) is 7.26. The number of likely N-dealkylation sites (tertiary alicyclic amines) is 2. The number of halogens is 2. The van der Waals surface area contributed by atoms with Crippen molar-refractivity contribution >= 4 is 39.5 Å². The number of hydrogen-bond donors (Lipinski definition) is 1. The molecule has 0 unspecified atom stereocenters. The van der Waals surface area contributed by atoms with E-state index in [4.69, 9.17) is 22.0 Å². The number of nitrogens with zero attached hydrogens (tertiary/aromatic N) is 3. The van der Waals surface area contributed by atoms with Crippen molar-refractivity contribution in [2.24, 2.45) is 11.8 Å². The number of amides is 1. The third-order valence-corrected chi connectivity index (χ3v) is 8.59. The second-order valence-corrected chi connectivity index (χ2v) is 11.3. The molecular weight excluding hydrogens is 528 g/mol. The van der Waals surface area contributed by atoms with Gasteiger partial charge in [0.25, 0.3) is 0 Å². The molecule has 184 valence electrons. The van der Waals surface area contributed by atoms with Crippen molar-refractivity contribution in [3.05, 3.63) is 68.3 Å². The van der Waals surface area contributed by atoms with Gasteiger partial charge < -0.3 is 14.9 Å². The van der Waals surface area contributed by atoms with Gasteiger partial charge in [-0.05, 0) is 71.3 Å². The molecule has 2 aromatic rings. The molecule has 1 N–H and O–H groups in total. The summed E-state index contributed by atoms with van der Waals surface area (Å²) in [4.78, 5) is 21.5. The third-order valence-electron chi connectivity index (χ3n) is 7.84. The number of piperidine rings is 2. The summed E-state index contributed by atoms with van der Waals surface area (Å²) in [6.45, 7) is 2.65. The highest BCUT2D eigenvalue weighted by molar-refractivity contribution is 9.10. The summed E-state index contributed by atoms with van der Waals surface area (Å²) in [6, 6.07) is 7.76. The molecule has 2 fully saturated rings. The molecule has 1 aromatic heterocycles. The van der Waals surface area contributed by atoms with E-state index in [1.807, 2.05) is 23.2 Å². The maximum atomic E-state index is 13.1. The molecule has 2 aliphatic heterocycles. The molecule has 2 saturated heterocycles. The Morgan fingerprint density at radius 2 is 1.80 bits per heavy atom. The van der Waals surface area contributed by atoms with E-state index >= 15 is 0 Å². The Bertz CT molecular complexity index is 1110. The zero-order chi connectivity index (χ0) is 24.5. The van der Waals surface area contributed by atoms with E-state index in [2.05, 4.69) is 28.1 Å². The number of amidine groups is 1. The van der Waals surface area contributed by atoms with Crippen LogP contribution in [0.3, 0.4) is 0 Å². The summed E-state index contributed by atoms with van der Waals surface area (Å²) in [5.41, 5.74) is 4.72. The van der Waals surface area contributed by atoms with Crippen molar-refractivity contribution in [1.29, 1.82) is 5.41 Å². The van der Waals surface area contributed by atoms with Gasteiger partial charge in [-0.1, -0.05) is 0 Å². The molecule has 6 nitrogen and oxygen atoms in total. The lowest BCUT2D eigenvalue weighted by molar-refractivity contribution is -0.238. The van der Waals surface area contributed by atoms with Gasteiger partial charge in [0.05, 0.1) is 5.92 Å². The second kappa shape index (κ2) is 10.4. The van der Waals surface area contributed by atoms with Crippen LogP contribution in [0.2, 0.25) is 5.02 Å². The number of nitrogens with one attached hydrogen (secondary N) is 1. The smallest absolute Gasteiger partial charge is 0.222 e. The summed E-state index contributed by atoms with van der Waals surface area (Å²) in [5, 5.41) is 19.3. The maximum Gasteiger partial charge on any atom is 0.222 e. The number of aryl methyl sites for hydroxylation is 2. The first-order valence-corrected chi connectivity index (χ1v) is 13.7. The summed E-state index contributed by atoms with van der Waals surface area (Å²) >= 11 is 10.4. The quantitative estimate of drug-likeness (QED) is 0.348. The van der Waals surface area contributed by atoms with Crippen molar-refractivity contribution in [1.82, 2.24) is 14.8 Å². The molecule has 0 radical (unpaired) electrons. The highest BCUT2D eigenvalue weighted by Crippen LogP contribution is 2.44. The predicted molar refractivity (Wildman–Crippen MR) is 138 cm³/mol. The lowest BCUT2D eigenvalue weighted by atomic mass is 9.76. The largest absolute Gasteiger partial charge is 0.846 e. The Morgan fingerprint density at radius 1 is 1.11 bits per heavy atom. The van der Waals surface area contributed by atoms with Crippen LogP contribution in [0, 0.1) is 23.2 Å². The molecular formula is C27H30BrClN4O2. The van der Waals surface area contributed by atoms with Gasteiger partial charge in [-0.15, -0.1) is 0 Å². The van der Waals surface area contributed by atoms with Crippen LogP contribution < -0.4 is 5.11 Å². The van der Waals surface area contributed by atoms with Crippen LogP contribution in [0.5, 0.6) is 0 Å². The van der Waals surface area contributed by atoms with E-state index in [9.17, 15) is 9.90 Å². The van der Waals surface area contributed by atoms with Crippen LogP contribution >= 0.6 is 27.5 Å². The van der Waals surface area contributed by atoms with E-state index < -0.39 is 6.02 Å². The first-order valence-electron chi connectivity index (χ1n) is 12.5. The van der Waals surface area contributed by atoms with Crippen molar-refractivity contribution in [3.8, 4) is 0 Å². The summed E-state index contributed by atoms with van der Waals surface area (Å²) in [6.07, 6.45) is 7.68. The van der Waals surface area contributed by atoms with Gasteiger partial charge in [-0.25, -0.2) is 4.98 Å². The van der Waals surface area contributed by atoms with E-state index in [0.717, 1.165) is 72.4 Å². The second-order valence-electron chi connectivity index (χ2n) is 9.94.